The van der Waals surface area contributed by atoms with Crippen LogP contribution in [0.15, 0.2) is 45.1 Å². The molecule has 148 valence electrons. The Morgan fingerprint density at radius 2 is 1.75 bits per heavy atom. The molecule has 0 saturated carbocycles. The summed E-state index contributed by atoms with van der Waals surface area (Å²) < 4.78 is 28.8. The van der Waals surface area contributed by atoms with Crippen LogP contribution in [0.1, 0.15) is 12.0 Å². The van der Waals surface area contributed by atoms with Crippen molar-refractivity contribution in [3.05, 3.63) is 56.7 Å². The number of nitrogens with zero attached hydrogens (tertiary/aromatic N) is 4. The van der Waals surface area contributed by atoms with E-state index < -0.39 is 44.4 Å². The minimum Gasteiger partial charge on any atom is -0.481 e. The molecule has 0 spiro atoms. The lowest BCUT2D eigenvalue weighted by Gasteiger charge is -2.11. The summed E-state index contributed by atoms with van der Waals surface area (Å²) in [6.07, 6.45) is -0.603. The SMILES string of the molecule is Cn1c(=O)c2nc(S(=O)(=O)CCC(=O)O)n(Cc3ccccc3)c2n(C)c1=O. The highest BCUT2D eigenvalue weighted by molar-refractivity contribution is 7.91. The number of aromatic nitrogens is 4. The van der Waals surface area contributed by atoms with E-state index in [-0.39, 0.29) is 17.7 Å². The van der Waals surface area contributed by atoms with E-state index in [1.165, 1.54) is 18.7 Å². The first-order valence-corrected chi connectivity index (χ1v) is 9.93. The van der Waals surface area contributed by atoms with Crippen molar-refractivity contribution in [3.8, 4) is 0 Å². The molecule has 0 aliphatic carbocycles. The van der Waals surface area contributed by atoms with E-state index in [1.54, 1.807) is 30.3 Å². The molecular weight excluding hydrogens is 388 g/mol. The van der Waals surface area contributed by atoms with E-state index in [2.05, 4.69) is 4.98 Å². The van der Waals surface area contributed by atoms with Crippen LogP contribution >= 0.6 is 0 Å². The molecule has 2 aromatic heterocycles. The summed E-state index contributed by atoms with van der Waals surface area (Å²) in [4.78, 5) is 39.7. The fourth-order valence-corrected chi connectivity index (χ4v) is 4.27. The Morgan fingerprint density at radius 1 is 1.11 bits per heavy atom. The number of aryl methyl sites for hydroxylation is 1. The molecule has 0 saturated heterocycles. The zero-order valence-electron chi connectivity index (χ0n) is 15.2. The molecule has 0 fully saturated rings. The minimum absolute atomic E-state index is 0.0411. The second-order valence-electron chi connectivity index (χ2n) is 6.31. The summed E-state index contributed by atoms with van der Waals surface area (Å²) in [6, 6.07) is 8.86. The normalized spacial score (nSPS) is 11.8. The van der Waals surface area contributed by atoms with Crippen LogP contribution in [-0.2, 0) is 35.3 Å². The van der Waals surface area contributed by atoms with Crippen LogP contribution in [0.5, 0.6) is 0 Å². The number of carboxylic acids is 1. The average molecular weight is 406 g/mol. The number of aliphatic carboxylic acids is 1. The van der Waals surface area contributed by atoms with E-state index in [0.29, 0.717) is 0 Å². The van der Waals surface area contributed by atoms with Gasteiger partial charge in [0.1, 0.15) is 0 Å². The van der Waals surface area contributed by atoms with Gasteiger partial charge in [0, 0.05) is 14.1 Å². The van der Waals surface area contributed by atoms with E-state index in [4.69, 9.17) is 5.11 Å². The van der Waals surface area contributed by atoms with E-state index in [0.717, 1.165) is 14.7 Å². The molecule has 28 heavy (non-hydrogen) atoms. The maximum absolute atomic E-state index is 12.8. The Bertz CT molecular complexity index is 1290. The van der Waals surface area contributed by atoms with Crippen molar-refractivity contribution in [1.82, 2.24) is 18.7 Å². The number of carbonyl (C=O) groups is 1. The molecule has 0 unspecified atom stereocenters. The Hall–Kier alpha value is -3.21. The summed E-state index contributed by atoms with van der Waals surface area (Å²) in [6.45, 7) is 0.0411. The Kier molecular flexibility index (Phi) is 4.94. The third-order valence-electron chi connectivity index (χ3n) is 4.35. The van der Waals surface area contributed by atoms with Crippen molar-refractivity contribution in [2.45, 2.75) is 18.1 Å². The molecule has 1 N–H and O–H groups in total. The molecule has 0 aliphatic heterocycles. The maximum atomic E-state index is 12.8. The lowest BCUT2D eigenvalue weighted by Crippen LogP contribution is -2.37. The van der Waals surface area contributed by atoms with Crippen molar-refractivity contribution in [2.75, 3.05) is 5.75 Å². The van der Waals surface area contributed by atoms with Gasteiger partial charge in [0.15, 0.2) is 11.2 Å². The van der Waals surface area contributed by atoms with Gasteiger partial charge in [0.05, 0.1) is 18.7 Å². The Labute approximate surface area is 159 Å². The first-order chi connectivity index (χ1) is 13.1. The quantitative estimate of drug-likeness (QED) is 0.596. The van der Waals surface area contributed by atoms with Crippen molar-refractivity contribution in [3.63, 3.8) is 0 Å². The predicted molar refractivity (Wildman–Crippen MR) is 100 cm³/mol. The third kappa shape index (κ3) is 3.36. The highest BCUT2D eigenvalue weighted by atomic mass is 32.2. The second kappa shape index (κ2) is 7.08. The number of fused-ring (bicyclic) bond motifs is 1. The predicted octanol–water partition coefficient (Wildman–Crippen LogP) is -0.270. The van der Waals surface area contributed by atoms with Gasteiger partial charge in [-0.1, -0.05) is 30.3 Å². The smallest absolute Gasteiger partial charge is 0.332 e. The zero-order valence-corrected chi connectivity index (χ0v) is 16.0. The van der Waals surface area contributed by atoms with Gasteiger partial charge in [-0.3, -0.25) is 23.3 Å². The van der Waals surface area contributed by atoms with E-state index in [1.807, 2.05) is 0 Å². The van der Waals surface area contributed by atoms with Gasteiger partial charge >= 0.3 is 11.7 Å². The minimum atomic E-state index is -4.12. The summed E-state index contributed by atoms with van der Waals surface area (Å²) in [5.41, 5.74) is -0.731. The summed E-state index contributed by atoms with van der Waals surface area (Å²) in [5.74, 6) is -1.94. The maximum Gasteiger partial charge on any atom is 0.332 e. The standard InChI is InChI=1S/C17H18N4O6S/c1-19-14-13(15(24)20(2)17(19)25)18-16(28(26,27)9-8-12(22)23)21(14)10-11-6-4-3-5-7-11/h3-7H,8-10H2,1-2H3,(H,22,23). The van der Waals surface area contributed by atoms with Crippen LogP contribution in [0.25, 0.3) is 11.2 Å². The van der Waals surface area contributed by atoms with Gasteiger partial charge < -0.3 is 5.11 Å². The number of sulfone groups is 1. The van der Waals surface area contributed by atoms with Crippen LogP contribution in [-0.4, -0.2) is 43.9 Å². The topological polar surface area (TPSA) is 133 Å². The van der Waals surface area contributed by atoms with Crippen LogP contribution in [0.4, 0.5) is 0 Å². The number of carboxylic acid groups (broad SMARTS) is 1. The average Bonchev–Trinajstić information content (AvgIpc) is 3.04. The lowest BCUT2D eigenvalue weighted by molar-refractivity contribution is -0.136. The number of benzene rings is 1. The first kappa shape index (κ1) is 19.5. The molecule has 1 aromatic carbocycles. The van der Waals surface area contributed by atoms with Gasteiger partial charge in [-0.05, 0) is 5.56 Å². The fourth-order valence-electron chi connectivity index (χ4n) is 2.93. The fraction of sp³-hybridized carbons (Fsp3) is 0.294. The van der Waals surface area contributed by atoms with Crippen LogP contribution < -0.4 is 11.2 Å². The number of hydrogen-bond acceptors (Lipinski definition) is 6. The molecular formula is C17H18N4O6S. The van der Waals surface area contributed by atoms with Gasteiger partial charge in [0.25, 0.3) is 5.56 Å². The number of imidazole rings is 1. The van der Waals surface area contributed by atoms with Gasteiger partial charge in [-0.2, -0.15) is 0 Å². The highest BCUT2D eigenvalue weighted by Crippen LogP contribution is 2.20. The molecule has 0 atom stereocenters. The largest absolute Gasteiger partial charge is 0.481 e. The van der Waals surface area contributed by atoms with Crippen LogP contribution in [0.3, 0.4) is 0 Å². The molecule has 0 bridgehead atoms. The molecule has 0 aliphatic rings. The molecule has 10 nitrogen and oxygen atoms in total. The molecule has 3 rings (SSSR count). The van der Waals surface area contributed by atoms with Gasteiger partial charge in [-0.25, -0.2) is 18.2 Å². The van der Waals surface area contributed by atoms with Gasteiger partial charge in [-0.15, -0.1) is 0 Å². The molecule has 11 heteroatoms. The van der Waals surface area contributed by atoms with Crippen LogP contribution in [0, 0.1) is 0 Å². The van der Waals surface area contributed by atoms with E-state index >= 15 is 0 Å². The molecule has 0 amide bonds. The number of rotatable bonds is 6. The van der Waals surface area contributed by atoms with Gasteiger partial charge in [0.2, 0.25) is 15.0 Å². The number of hydrogen-bond donors (Lipinski definition) is 1. The molecule has 2 heterocycles. The summed E-state index contributed by atoms with van der Waals surface area (Å²) in [7, 11) is -1.43. The van der Waals surface area contributed by atoms with Crippen molar-refractivity contribution in [1.29, 1.82) is 0 Å². The highest BCUT2D eigenvalue weighted by Gasteiger charge is 2.28. The first-order valence-electron chi connectivity index (χ1n) is 8.28. The molecule has 0 radical (unpaired) electrons. The Balaban J connectivity index is 2.34. The zero-order chi connectivity index (χ0) is 20.6. The lowest BCUT2D eigenvalue weighted by atomic mass is 10.2. The van der Waals surface area contributed by atoms with Crippen molar-refractivity contribution < 1.29 is 18.3 Å². The Morgan fingerprint density at radius 3 is 2.36 bits per heavy atom. The van der Waals surface area contributed by atoms with Crippen LogP contribution in [0.2, 0.25) is 0 Å². The summed E-state index contributed by atoms with van der Waals surface area (Å²) in [5, 5.41) is 8.40. The van der Waals surface area contributed by atoms with E-state index in [9.17, 15) is 22.8 Å². The molecule has 3 aromatic rings. The third-order valence-corrected chi connectivity index (χ3v) is 5.96. The van der Waals surface area contributed by atoms with Crippen molar-refractivity contribution in [2.24, 2.45) is 14.1 Å². The summed E-state index contributed by atoms with van der Waals surface area (Å²) >= 11 is 0. The van der Waals surface area contributed by atoms with Crippen molar-refractivity contribution >= 4 is 27.0 Å². The second-order valence-corrected chi connectivity index (χ2v) is 8.31. The monoisotopic (exact) mass is 406 g/mol.